The van der Waals surface area contributed by atoms with Gasteiger partial charge in [0, 0.05) is 18.7 Å². The molecule has 22 heavy (non-hydrogen) atoms. The van der Waals surface area contributed by atoms with Gasteiger partial charge in [0.1, 0.15) is 0 Å². The molecule has 0 spiro atoms. The molecule has 0 unspecified atom stereocenters. The molecule has 0 fully saturated rings. The number of carbonyl (C=O) groups is 1. The maximum absolute atomic E-state index is 12.0. The Labute approximate surface area is 140 Å². The van der Waals surface area contributed by atoms with Gasteiger partial charge in [-0.3, -0.25) is 4.79 Å². The molecule has 5 heteroatoms. The van der Waals surface area contributed by atoms with E-state index in [1.54, 1.807) is 18.2 Å². The predicted molar refractivity (Wildman–Crippen MR) is 94.1 cm³/mol. The fraction of sp³-hybridized carbons (Fsp3) is 0.235. The minimum absolute atomic E-state index is 0.109. The Morgan fingerprint density at radius 1 is 1.05 bits per heavy atom. The molecular weight excluding hydrogens is 319 g/mol. The van der Waals surface area contributed by atoms with Crippen molar-refractivity contribution in [1.82, 2.24) is 0 Å². The van der Waals surface area contributed by atoms with Gasteiger partial charge in [0.15, 0.2) is 0 Å². The molecule has 0 bridgehead atoms. The van der Waals surface area contributed by atoms with E-state index in [-0.39, 0.29) is 5.91 Å². The maximum Gasteiger partial charge on any atom is 0.226 e. The van der Waals surface area contributed by atoms with Gasteiger partial charge in [-0.05, 0) is 43.2 Å². The Morgan fingerprint density at radius 2 is 1.73 bits per heavy atom. The van der Waals surface area contributed by atoms with Gasteiger partial charge in [0.25, 0.3) is 0 Å². The molecule has 1 amide bonds. The monoisotopic (exact) mass is 336 g/mol. The lowest BCUT2D eigenvalue weighted by atomic mass is 10.1. The van der Waals surface area contributed by atoms with Crippen LogP contribution in [0.15, 0.2) is 36.4 Å². The Balaban J connectivity index is 1.88. The Hall–Kier alpha value is -1.71. The quantitative estimate of drug-likeness (QED) is 0.801. The third-order valence-corrected chi connectivity index (χ3v) is 4.32. The standard InChI is InChI=1S/C17H18Cl2N2O/c1-11-5-3-7-14(12(11)2)20-10-9-16(22)21-15-8-4-6-13(18)17(15)19/h3-8,20H,9-10H2,1-2H3,(H,21,22). The molecule has 2 aromatic rings. The fourth-order valence-corrected chi connectivity index (χ4v) is 2.41. The van der Waals surface area contributed by atoms with Crippen molar-refractivity contribution in [2.24, 2.45) is 0 Å². The zero-order valence-electron chi connectivity index (χ0n) is 12.5. The van der Waals surface area contributed by atoms with Crippen LogP contribution in [0.1, 0.15) is 17.5 Å². The Morgan fingerprint density at radius 3 is 2.50 bits per heavy atom. The van der Waals surface area contributed by atoms with E-state index < -0.39 is 0 Å². The first-order valence-corrected chi connectivity index (χ1v) is 7.78. The summed E-state index contributed by atoms with van der Waals surface area (Å²) in [7, 11) is 0. The number of halogens is 2. The van der Waals surface area contributed by atoms with Crippen LogP contribution >= 0.6 is 23.2 Å². The second kappa shape index (κ2) is 7.52. The lowest BCUT2D eigenvalue weighted by Gasteiger charge is -2.12. The highest BCUT2D eigenvalue weighted by Crippen LogP contribution is 2.29. The van der Waals surface area contributed by atoms with E-state index in [0.717, 1.165) is 5.69 Å². The first-order chi connectivity index (χ1) is 10.5. The van der Waals surface area contributed by atoms with E-state index in [9.17, 15) is 4.79 Å². The molecule has 116 valence electrons. The van der Waals surface area contributed by atoms with Crippen LogP contribution in [0.25, 0.3) is 0 Å². The van der Waals surface area contributed by atoms with E-state index in [2.05, 4.69) is 30.5 Å². The van der Waals surface area contributed by atoms with Crippen molar-refractivity contribution in [2.45, 2.75) is 20.3 Å². The van der Waals surface area contributed by atoms with Gasteiger partial charge in [-0.25, -0.2) is 0 Å². The number of benzene rings is 2. The zero-order chi connectivity index (χ0) is 16.1. The summed E-state index contributed by atoms with van der Waals surface area (Å²) in [5, 5.41) is 6.83. The fourth-order valence-electron chi connectivity index (χ4n) is 2.07. The topological polar surface area (TPSA) is 41.1 Å². The van der Waals surface area contributed by atoms with E-state index in [4.69, 9.17) is 23.2 Å². The lowest BCUT2D eigenvalue weighted by molar-refractivity contribution is -0.115. The number of rotatable bonds is 5. The predicted octanol–water partition coefficient (Wildman–Crippen LogP) is 5.05. The number of anilines is 2. The first-order valence-electron chi connectivity index (χ1n) is 7.03. The van der Waals surface area contributed by atoms with Crippen LogP contribution < -0.4 is 10.6 Å². The van der Waals surface area contributed by atoms with Crippen molar-refractivity contribution in [3.05, 3.63) is 57.6 Å². The maximum atomic E-state index is 12.0. The minimum atomic E-state index is -0.109. The molecule has 0 aliphatic carbocycles. The largest absolute Gasteiger partial charge is 0.384 e. The van der Waals surface area contributed by atoms with Gasteiger partial charge in [0.05, 0.1) is 15.7 Å². The van der Waals surface area contributed by atoms with Crippen LogP contribution in [0, 0.1) is 13.8 Å². The minimum Gasteiger partial charge on any atom is -0.384 e. The molecule has 0 aromatic heterocycles. The number of amides is 1. The Kier molecular flexibility index (Phi) is 5.69. The van der Waals surface area contributed by atoms with Gasteiger partial charge in [-0.15, -0.1) is 0 Å². The smallest absolute Gasteiger partial charge is 0.226 e. The van der Waals surface area contributed by atoms with Crippen molar-refractivity contribution >= 4 is 40.5 Å². The summed E-state index contributed by atoms with van der Waals surface area (Å²) in [6.07, 6.45) is 0.343. The molecular formula is C17H18Cl2N2O. The molecule has 3 nitrogen and oxygen atoms in total. The zero-order valence-corrected chi connectivity index (χ0v) is 14.1. The second-order valence-corrected chi connectivity index (χ2v) is 5.86. The molecule has 0 aliphatic rings. The molecule has 2 N–H and O–H groups in total. The SMILES string of the molecule is Cc1cccc(NCCC(=O)Nc2cccc(Cl)c2Cl)c1C. The third-order valence-electron chi connectivity index (χ3n) is 3.50. The molecule has 0 aliphatic heterocycles. The van der Waals surface area contributed by atoms with Crippen LogP contribution in [-0.4, -0.2) is 12.5 Å². The van der Waals surface area contributed by atoms with Crippen molar-refractivity contribution in [3.63, 3.8) is 0 Å². The third kappa shape index (κ3) is 4.15. The summed E-state index contributed by atoms with van der Waals surface area (Å²) >= 11 is 12.0. The highest BCUT2D eigenvalue weighted by molar-refractivity contribution is 6.43. The van der Waals surface area contributed by atoms with E-state index in [1.165, 1.54) is 11.1 Å². The van der Waals surface area contributed by atoms with Gasteiger partial charge < -0.3 is 10.6 Å². The number of hydrogen-bond acceptors (Lipinski definition) is 2. The van der Waals surface area contributed by atoms with E-state index in [0.29, 0.717) is 28.7 Å². The lowest BCUT2D eigenvalue weighted by Crippen LogP contribution is -2.16. The summed E-state index contributed by atoms with van der Waals surface area (Å²) in [6.45, 7) is 4.67. The molecule has 0 saturated carbocycles. The second-order valence-electron chi connectivity index (χ2n) is 5.07. The van der Waals surface area contributed by atoms with E-state index >= 15 is 0 Å². The summed E-state index contributed by atoms with van der Waals surface area (Å²) in [6, 6.07) is 11.2. The van der Waals surface area contributed by atoms with Crippen LogP contribution in [-0.2, 0) is 4.79 Å². The molecule has 0 atom stereocenters. The number of nitrogens with one attached hydrogen (secondary N) is 2. The average Bonchev–Trinajstić information content (AvgIpc) is 2.48. The van der Waals surface area contributed by atoms with Gasteiger partial charge >= 0.3 is 0 Å². The van der Waals surface area contributed by atoms with Gasteiger partial charge in [-0.1, -0.05) is 41.4 Å². The molecule has 0 saturated heterocycles. The van der Waals surface area contributed by atoms with E-state index in [1.807, 2.05) is 12.1 Å². The molecule has 2 aromatic carbocycles. The Bertz CT molecular complexity index is 686. The molecule has 2 rings (SSSR count). The average molecular weight is 337 g/mol. The summed E-state index contributed by atoms with van der Waals surface area (Å²) in [4.78, 5) is 12.0. The van der Waals surface area contributed by atoms with Crippen molar-refractivity contribution < 1.29 is 4.79 Å². The highest BCUT2D eigenvalue weighted by atomic mass is 35.5. The van der Waals surface area contributed by atoms with Crippen molar-refractivity contribution in [3.8, 4) is 0 Å². The van der Waals surface area contributed by atoms with Gasteiger partial charge in [0.2, 0.25) is 5.91 Å². The van der Waals surface area contributed by atoms with Crippen LogP contribution in [0.3, 0.4) is 0 Å². The number of hydrogen-bond donors (Lipinski definition) is 2. The first kappa shape index (κ1) is 16.7. The highest BCUT2D eigenvalue weighted by Gasteiger charge is 2.08. The van der Waals surface area contributed by atoms with Crippen LogP contribution in [0.4, 0.5) is 11.4 Å². The normalized spacial score (nSPS) is 10.4. The van der Waals surface area contributed by atoms with Crippen molar-refractivity contribution in [1.29, 1.82) is 0 Å². The van der Waals surface area contributed by atoms with Crippen molar-refractivity contribution in [2.75, 3.05) is 17.2 Å². The molecule has 0 heterocycles. The van der Waals surface area contributed by atoms with Crippen LogP contribution in [0.5, 0.6) is 0 Å². The molecule has 0 radical (unpaired) electrons. The summed E-state index contributed by atoms with van der Waals surface area (Å²) < 4.78 is 0. The number of aryl methyl sites for hydroxylation is 1. The summed E-state index contributed by atoms with van der Waals surface area (Å²) in [5.41, 5.74) is 4.00. The van der Waals surface area contributed by atoms with Gasteiger partial charge in [-0.2, -0.15) is 0 Å². The number of carbonyl (C=O) groups excluding carboxylic acids is 1. The summed E-state index contributed by atoms with van der Waals surface area (Å²) in [5.74, 6) is -0.109. The van der Waals surface area contributed by atoms with Crippen LogP contribution in [0.2, 0.25) is 10.0 Å².